The van der Waals surface area contributed by atoms with Gasteiger partial charge in [-0.05, 0) is 5.92 Å². The van der Waals surface area contributed by atoms with E-state index in [-0.39, 0.29) is 24.8 Å². The van der Waals surface area contributed by atoms with Crippen LogP contribution in [0.5, 0.6) is 0 Å². The third-order valence-corrected chi connectivity index (χ3v) is 2.51. The topological polar surface area (TPSA) is 98.7 Å². The average molecular weight is 259 g/mol. The molecule has 0 fully saturated rings. The number of urea groups is 1. The lowest BCUT2D eigenvalue weighted by molar-refractivity contribution is -0.137. The molecule has 18 heavy (non-hydrogen) atoms. The fourth-order valence-corrected chi connectivity index (χ4v) is 1.28. The summed E-state index contributed by atoms with van der Waals surface area (Å²) in [6.07, 6.45) is -0.142. The van der Waals surface area contributed by atoms with Gasteiger partial charge in [0.1, 0.15) is 6.54 Å². The maximum atomic E-state index is 11.7. The first-order valence-corrected chi connectivity index (χ1v) is 5.72. The first-order valence-electron chi connectivity index (χ1n) is 5.72. The highest BCUT2D eigenvalue weighted by Gasteiger charge is 2.21. The predicted molar refractivity (Wildman–Crippen MR) is 66.1 cm³/mol. The van der Waals surface area contributed by atoms with Gasteiger partial charge in [-0.25, -0.2) is 4.79 Å². The van der Waals surface area contributed by atoms with E-state index >= 15 is 0 Å². The standard InChI is InChI=1S/C11H21N3O4/c1-7(2)8(5-10(16)17)13-11(18)14(4)6-9(15)12-3/h7-8H,5-6H2,1-4H3,(H,12,15)(H,13,18)(H,16,17). The second-order valence-electron chi connectivity index (χ2n) is 4.43. The zero-order valence-corrected chi connectivity index (χ0v) is 11.2. The van der Waals surface area contributed by atoms with Crippen LogP contribution in [0.1, 0.15) is 20.3 Å². The van der Waals surface area contributed by atoms with Crippen molar-refractivity contribution >= 4 is 17.9 Å². The minimum Gasteiger partial charge on any atom is -0.481 e. The third-order valence-electron chi connectivity index (χ3n) is 2.51. The number of carboxylic acids is 1. The lowest BCUT2D eigenvalue weighted by atomic mass is 10.0. The Hall–Kier alpha value is -1.79. The predicted octanol–water partition coefficient (Wildman–Crippen LogP) is -0.127. The number of amides is 3. The van der Waals surface area contributed by atoms with Gasteiger partial charge >= 0.3 is 12.0 Å². The number of hydrogen-bond donors (Lipinski definition) is 3. The summed E-state index contributed by atoms with van der Waals surface area (Å²) in [6.45, 7) is 3.58. The van der Waals surface area contributed by atoms with Gasteiger partial charge in [-0.2, -0.15) is 0 Å². The van der Waals surface area contributed by atoms with Crippen molar-refractivity contribution in [1.29, 1.82) is 0 Å². The van der Waals surface area contributed by atoms with E-state index in [4.69, 9.17) is 5.11 Å². The van der Waals surface area contributed by atoms with Crippen molar-refractivity contribution in [2.45, 2.75) is 26.3 Å². The molecule has 0 aliphatic rings. The molecule has 0 aromatic heterocycles. The second-order valence-corrected chi connectivity index (χ2v) is 4.43. The summed E-state index contributed by atoms with van der Waals surface area (Å²) in [5.41, 5.74) is 0. The lowest BCUT2D eigenvalue weighted by Crippen LogP contribution is -2.48. The van der Waals surface area contributed by atoms with E-state index in [1.54, 1.807) is 0 Å². The molecule has 0 aromatic rings. The largest absolute Gasteiger partial charge is 0.481 e. The van der Waals surface area contributed by atoms with Crippen LogP contribution in [0.3, 0.4) is 0 Å². The number of aliphatic carboxylic acids is 1. The van der Waals surface area contributed by atoms with Crippen molar-refractivity contribution in [3.05, 3.63) is 0 Å². The summed E-state index contributed by atoms with van der Waals surface area (Å²) >= 11 is 0. The van der Waals surface area contributed by atoms with Crippen molar-refractivity contribution in [2.75, 3.05) is 20.6 Å². The number of carbonyl (C=O) groups is 3. The van der Waals surface area contributed by atoms with Gasteiger partial charge < -0.3 is 20.6 Å². The number of nitrogens with one attached hydrogen (secondary N) is 2. The molecule has 3 amide bonds. The SMILES string of the molecule is CNC(=O)CN(C)C(=O)NC(CC(=O)O)C(C)C. The Kier molecular flexibility index (Phi) is 6.77. The zero-order valence-electron chi connectivity index (χ0n) is 11.2. The Morgan fingerprint density at radius 3 is 2.22 bits per heavy atom. The van der Waals surface area contributed by atoms with Crippen LogP contribution >= 0.6 is 0 Å². The second kappa shape index (κ2) is 7.52. The molecule has 0 aromatic carbocycles. The summed E-state index contributed by atoms with van der Waals surface area (Å²) in [5, 5.41) is 13.7. The number of hydrogen-bond acceptors (Lipinski definition) is 3. The molecule has 104 valence electrons. The summed E-state index contributed by atoms with van der Waals surface area (Å²) in [6, 6.07) is -0.916. The molecular formula is C11H21N3O4. The Bertz CT molecular complexity index is 317. The van der Waals surface area contributed by atoms with Gasteiger partial charge in [0, 0.05) is 20.1 Å². The number of rotatable bonds is 6. The van der Waals surface area contributed by atoms with E-state index in [9.17, 15) is 14.4 Å². The van der Waals surface area contributed by atoms with Crippen molar-refractivity contribution < 1.29 is 19.5 Å². The molecule has 0 aliphatic heterocycles. The van der Waals surface area contributed by atoms with Crippen molar-refractivity contribution in [1.82, 2.24) is 15.5 Å². The maximum Gasteiger partial charge on any atom is 0.317 e. The van der Waals surface area contributed by atoms with E-state index in [0.29, 0.717) is 0 Å². The van der Waals surface area contributed by atoms with Gasteiger partial charge in [0.2, 0.25) is 5.91 Å². The van der Waals surface area contributed by atoms with Crippen LogP contribution in [0.25, 0.3) is 0 Å². The van der Waals surface area contributed by atoms with Crippen molar-refractivity contribution in [3.63, 3.8) is 0 Å². The summed E-state index contributed by atoms with van der Waals surface area (Å²) in [7, 11) is 2.96. The van der Waals surface area contributed by atoms with Gasteiger partial charge in [0.15, 0.2) is 0 Å². The highest BCUT2D eigenvalue weighted by Crippen LogP contribution is 2.06. The molecule has 0 saturated heterocycles. The van der Waals surface area contributed by atoms with Crippen LogP contribution in [0.15, 0.2) is 0 Å². The molecule has 0 radical (unpaired) electrons. The van der Waals surface area contributed by atoms with E-state index in [2.05, 4.69) is 10.6 Å². The van der Waals surface area contributed by atoms with Crippen LogP contribution in [-0.2, 0) is 9.59 Å². The fraction of sp³-hybridized carbons (Fsp3) is 0.727. The molecule has 0 heterocycles. The third kappa shape index (κ3) is 6.07. The van der Waals surface area contributed by atoms with Crippen LogP contribution in [0.2, 0.25) is 0 Å². The van der Waals surface area contributed by atoms with E-state index in [1.807, 2.05) is 13.8 Å². The van der Waals surface area contributed by atoms with E-state index in [0.717, 1.165) is 0 Å². The summed E-state index contributed by atoms with van der Waals surface area (Å²) in [4.78, 5) is 34.7. The molecule has 0 bridgehead atoms. The quantitative estimate of drug-likeness (QED) is 0.619. The molecule has 0 aliphatic carbocycles. The number of carboxylic acid groups (broad SMARTS) is 1. The minimum absolute atomic E-state index is 0.00143. The Balaban J connectivity index is 4.40. The van der Waals surface area contributed by atoms with Crippen LogP contribution in [-0.4, -0.2) is 54.6 Å². The molecule has 1 unspecified atom stereocenters. The molecule has 7 heteroatoms. The first-order chi connectivity index (χ1) is 8.27. The van der Waals surface area contributed by atoms with E-state index < -0.39 is 18.0 Å². The smallest absolute Gasteiger partial charge is 0.317 e. The molecule has 0 spiro atoms. The summed E-state index contributed by atoms with van der Waals surface area (Å²) < 4.78 is 0. The number of carbonyl (C=O) groups excluding carboxylic acids is 2. The molecule has 0 saturated carbocycles. The Morgan fingerprint density at radius 1 is 1.28 bits per heavy atom. The van der Waals surface area contributed by atoms with Gasteiger partial charge in [-0.15, -0.1) is 0 Å². The highest BCUT2D eigenvalue weighted by molar-refractivity contribution is 5.84. The zero-order chi connectivity index (χ0) is 14.3. The normalized spacial score (nSPS) is 11.8. The van der Waals surface area contributed by atoms with Crippen LogP contribution < -0.4 is 10.6 Å². The van der Waals surface area contributed by atoms with Crippen molar-refractivity contribution in [3.8, 4) is 0 Å². The Morgan fingerprint density at radius 2 is 1.83 bits per heavy atom. The number of nitrogens with zero attached hydrogens (tertiary/aromatic N) is 1. The fourth-order valence-electron chi connectivity index (χ4n) is 1.28. The summed E-state index contributed by atoms with van der Waals surface area (Å²) in [5.74, 6) is -1.26. The van der Waals surface area contributed by atoms with Gasteiger partial charge in [-0.1, -0.05) is 13.8 Å². The lowest BCUT2D eigenvalue weighted by Gasteiger charge is -2.24. The molecule has 7 nitrogen and oxygen atoms in total. The van der Waals surface area contributed by atoms with Gasteiger partial charge in [-0.3, -0.25) is 9.59 Å². The molecule has 0 rings (SSSR count). The highest BCUT2D eigenvalue weighted by atomic mass is 16.4. The monoisotopic (exact) mass is 259 g/mol. The van der Waals surface area contributed by atoms with Gasteiger partial charge in [0.25, 0.3) is 0 Å². The maximum absolute atomic E-state index is 11.7. The Labute approximate surface area is 107 Å². The minimum atomic E-state index is -0.969. The van der Waals surface area contributed by atoms with Crippen LogP contribution in [0, 0.1) is 5.92 Å². The van der Waals surface area contributed by atoms with Crippen molar-refractivity contribution in [2.24, 2.45) is 5.92 Å². The average Bonchev–Trinajstić information content (AvgIpc) is 2.26. The molecular weight excluding hydrogens is 238 g/mol. The van der Waals surface area contributed by atoms with E-state index in [1.165, 1.54) is 19.0 Å². The first kappa shape index (κ1) is 16.2. The van der Waals surface area contributed by atoms with Gasteiger partial charge in [0.05, 0.1) is 6.42 Å². The van der Waals surface area contributed by atoms with Crippen LogP contribution in [0.4, 0.5) is 4.79 Å². The molecule has 3 N–H and O–H groups in total. The molecule has 1 atom stereocenters. The number of likely N-dealkylation sites (N-methyl/N-ethyl adjacent to an activating group) is 2.